The molecule has 0 bridgehead atoms. The van der Waals surface area contributed by atoms with Gasteiger partial charge in [-0.15, -0.1) is 0 Å². The molecular weight excluding hydrogens is 302 g/mol. The molecule has 0 saturated heterocycles. The summed E-state index contributed by atoms with van der Waals surface area (Å²) in [5.74, 6) is 0.618. The second-order valence-corrected chi connectivity index (χ2v) is 5.98. The van der Waals surface area contributed by atoms with Gasteiger partial charge in [-0.25, -0.2) is 0 Å². The van der Waals surface area contributed by atoms with Gasteiger partial charge in [0.15, 0.2) is 0 Å². The molecule has 1 aromatic rings. The Labute approximate surface area is 136 Å². The normalized spacial score (nSPS) is 22.0. The summed E-state index contributed by atoms with van der Waals surface area (Å²) in [5, 5.41) is 9.29. The molecule has 0 amide bonds. The van der Waals surface area contributed by atoms with Crippen molar-refractivity contribution >= 4 is 17.6 Å². The van der Waals surface area contributed by atoms with Gasteiger partial charge in [0.1, 0.15) is 11.8 Å². The molecule has 118 valence electrons. The van der Waals surface area contributed by atoms with E-state index in [1.54, 1.807) is 18.2 Å². The quantitative estimate of drug-likeness (QED) is 0.786. The van der Waals surface area contributed by atoms with Crippen LogP contribution in [-0.2, 0) is 9.53 Å². The van der Waals surface area contributed by atoms with E-state index in [2.05, 4.69) is 0 Å². The fourth-order valence-electron chi connectivity index (χ4n) is 2.85. The molecule has 4 nitrogen and oxygen atoms in total. The van der Waals surface area contributed by atoms with E-state index in [-0.39, 0.29) is 18.0 Å². The lowest BCUT2D eigenvalue weighted by molar-refractivity contribution is -0.146. The van der Waals surface area contributed by atoms with Crippen LogP contribution in [-0.4, -0.2) is 19.2 Å². The van der Waals surface area contributed by atoms with Gasteiger partial charge < -0.3 is 9.47 Å². The van der Waals surface area contributed by atoms with Gasteiger partial charge in [0.25, 0.3) is 0 Å². The van der Waals surface area contributed by atoms with E-state index in [0.717, 1.165) is 38.5 Å². The molecule has 0 aliphatic heterocycles. The van der Waals surface area contributed by atoms with E-state index in [9.17, 15) is 4.79 Å². The van der Waals surface area contributed by atoms with Crippen molar-refractivity contribution in [1.29, 1.82) is 5.26 Å². The number of ether oxygens (including phenoxy) is 2. The predicted molar refractivity (Wildman–Crippen MR) is 83.8 cm³/mol. The molecule has 1 aromatic carbocycles. The van der Waals surface area contributed by atoms with Crippen LogP contribution >= 0.6 is 11.6 Å². The average Bonchev–Trinajstić information content (AvgIpc) is 2.49. The number of esters is 1. The lowest BCUT2D eigenvalue weighted by Crippen LogP contribution is -2.23. The van der Waals surface area contributed by atoms with Gasteiger partial charge in [-0.05, 0) is 50.7 Å². The Morgan fingerprint density at radius 1 is 1.27 bits per heavy atom. The van der Waals surface area contributed by atoms with Gasteiger partial charge in [0.2, 0.25) is 0 Å². The van der Waals surface area contributed by atoms with Crippen LogP contribution in [0.25, 0.3) is 0 Å². The van der Waals surface area contributed by atoms with Crippen molar-refractivity contribution in [3.8, 4) is 11.8 Å². The minimum absolute atomic E-state index is 0.0234. The molecule has 1 saturated carbocycles. The highest BCUT2D eigenvalue weighted by molar-refractivity contribution is 6.31. The third-order valence-electron chi connectivity index (χ3n) is 4.06. The Morgan fingerprint density at radius 3 is 2.50 bits per heavy atom. The molecule has 1 fully saturated rings. The highest BCUT2D eigenvalue weighted by atomic mass is 35.5. The minimum Gasteiger partial charge on any atom is -0.490 e. The fourth-order valence-corrected chi connectivity index (χ4v) is 3.06. The smallest absolute Gasteiger partial charge is 0.308 e. The topological polar surface area (TPSA) is 59.3 Å². The minimum atomic E-state index is -0.0988. The Bertz CT molecular complexity index is 558. The Hall–Kier alpha value is -1.73. The molecule has 0 atom stereocenters. The van der Waals surface area contributed by atoms with Gasteiger partial charge in [0.05, 0.1) is 29.7 Å². The van der Waals surface area contributed by atoms with E-state index in [0.29, 0.717) is 16.3 Å². The lowest BCUT2D eigenvalue weighted by atomic mass is 9.90. The first kappa shape index (κ1) is 16.6. The highest BCUT2D eigenvalue weighted by Crippen LogP contribution is 2.28. The predicted octanol–water partition coefficient (Wildman–Crippen LogP) is 4.10. The maximum absolute atomic E-state index is 11.6. The zero-order valence-corrected chi connectivity index (χ0v) is 13.4. The summed E-state index contributed by atoms with van der Waals surface area (Å²) in [5.41, 5.74) is 0.451. The fraction of sp³-hybridized carbons (Fsp3) is 0.529. The lowest BCUT2D eigenvalue weighted by Gasteiger charge is -2.24. The molecule has 0 N–H and O–H groups in total. The number of benzene rings is 1. The van der Waals surface area contributed by atoms with Crippen molar-refractivity contribution in [3.63, 3.8) is 0 Å². The molecule has 22 heavy (non-hydrogen) atoms. The zero-order valence-electron chi connectivity index (χ0n) is 12.7. The summed E-state index contributed by atoms with van der Waals surface area (Å²) in [7, 11) is 1.45. The van der Waals surface area contributed by atoms with Crippen LogP contribution in [0, 0.1) is 17.2 Å². The third kappa shape index (κ3) is 4.38. The van der Waals surface area contributed by atoms with Gasteiger partial charge >= 0.3 is 5.97 Å². The molecule has 0 radical (unpaired) electrons. The van der Waals surface area contributed by atoms with E-state index in [4.69, 9.17) is 26.3 Å². The van der Waals surface area contributed by atoms with Crippen LogP contribution in [0.3, 0.4) is 0 Å². The number of halogens is 1. The second-order valence-electron chi connectivity index (χ2n) is 5.58. The number of nitrogens with zero attached hydrogens (tertiary/aromatic N) is 1. The summed E-state index contributed by atoms with van der Waals surface area (Å²) in [4.78, 5) is 11.6. The summed E-state index contributed by atoms with van der Waals surface area (Å²) in [6.45, 7) is 0. The molecule has 5 heteroatoms. The molecule has 0 aromatic heterocycles. The monoisotopic (exact) mass is 321 g/mol. The molecule has 0 spiro atoms. The van der Waals surface area contributed by atoms with Crippen LogP contribution < -0.4 is 4.74 Å². The molecule has 1 aliphatic rings. The third-order valence-corrected chi connectivity index (χ3v) is 4.37. The average molecular weight is 322 g/mol. The first-order chi connectivity index (χ1) is 10.6. The van der Waals surface area contributed by atoms with Crippen molar-refractivity contribution < 1.29 is 14.3 Å². The Morgan fingerprint density at radius 2 is 1.95 bits per heavy atom. The first-order valence-electron chi connectivity index (χ1n) is 7.58. The van der Waals surface area contributed by atoms with Crippen LogP contribution in [0.1, 0.15) is 44.1 Å². The maximum atomic E-state index is 11.6. The summed E-state index contributed by atoms with van der Waals surface area (Å²) >= 11 is 6.02. The number of hydrogen-bond acceptors (Lipinski definition) is 4. The molecular formula is C17H20ClNO3. The summed E-state index contributed by atoms with van der Waals surface area (Å²) in [6, 6.07) is 7.18. The van der Waals surface area contributed by atoms with Gasteiger partial charge in [-0.2, -0.15) is 5.26 Å². The highest BCUT2D eigenvalue weighted by Gasteiger charge is 2.23. The number of nitriles is 1. The van der Waals surface area contributed by atoms with Crippen molar-refractivity contribution in [1.82, 2.24) is 0 Å². The van der Waals surface area contributed by atoms with Crippen molar-refractivity contribution in [2.24, 2.45) is 5.92 Å². The Balaban J connectivity index is 1.91. The number of carbonyl (C=O) groups excluding carboxylic acids is 1. The van der Waals surface area contributed by atoms with Crippen LogP contribution in [0.2, 0.25) is 5.02 Å². The second kappa shape index (κ2) is 8.05. The van der Waals surface area contributed by atoms with E-state index >= 15 is 0 Å². The number of carbonyl (C=O) groups is 1. The van der Waals surface area contributed by atoms with E-state index < -0.39 is 0 Å². The van der Waals surface area contributed by atoms with Crippen LogP contribution in [0.15, 0.2) is 18.2 Å². The largest absolute Gasteiger partial charge is 0.490 e. The first-order valence-corrected chi connectivity index (χ1v) is 7.96. The SMILES string of the molecule is COC(=O)C1CCCC(Oc2ccc(C#N)c(Cl)c2)CCC1. The van der Waals surface area contributed by atoms with E-state index in [1.807, 2.05) is 6.07 Å². The van der Waals surface area contributed by atoms with Gasteiger partial charge in [-0.1, -0.05) is 11.6 Å². The van der Waals surface area contributed by atoms with Crippen molar-refractivity contribution in [3.05, 3.63) is 28.8 Å². The number of rotatable bonds is 3. The number of hydrogen-bond donors (Lipinski definition) is 0. The summed E-state index contributed by atoms with van der Waals surface area (Å²) in [6.07, 6.45) is 5.52. The standard InChI is InChI=1S/C17H20ClNO3/c1-21-17(20)12-4-2-6-14(7-3-5-12)22-15-9-8-13(11-19)16(18)10-15/h8-10,12,14H,2-7H2,1H3. The molecule has 2 rings (SSSR count). The van der Waals surface area contributed by atoms with Crippen LogP contribution in [0.4, 0.5) is 0 Å². The Kier molecular flexibility index (Phi) is 6.09. The molecule has 0 unspecified atom stereocenters. The zero-order chi connectivity index (χ0) is 15.9. The van der Waals surface area contributed by atoms with Crippen LogP contribution in [0.5, 0.6) is 5.75 Å². The van der Waals surface area contributed by atoms with Gasteiger partial charge in [-0.3, -0.25) is 4.79 Å². The molecule has 0 heterocycles. The number of methoxy groups -OCH3 is 1. The van der Waals surface area contributed by atoms with E-state index in [1.165, 1.54) is 7.11 Å². The summed E-state index contributed by atoms with van der Waals surface area (Å²) < 4.78 is 10.8. The molecule has 1 aliphatic carbocycles. The van der Waals surface area contributed by atoms with Crippen molar-refractivity contribution in [2.75, 3.05) is 7.11 Å². The van der Waals surface area contributed by atoms with Gasteiger partial charge in [0, 0.05) is 6.07 Å². The van der Waals surface area contributed by atoms with Crippen molar-refractivity contribution in [2.45, 2.75) is 44.6 Å². The maximum Gasteiger partial charge on any atom is 0.308 e.